The number of hydrogen-bond donors (Lipinski definition) is 0. The number of hydrogen-bond acceptors (Lipinski definition) is 4. The lowest BCUT2D eigenvalue weighted by atomic mass is 9.58. The summed E-state index contributed by atoms with van der Waals surface area (Å²) in [6.45, 7) is 3.08. The van der Waals surface area contributed by atoms with Crippen LogP contribution < -0.4 is 9.47 Å². The summed E-state index contributed by atoms with van der Waals surface area (Å²) >= 11 is 0. The topological polar surface area (TPSA) is 30.9 Å². The van der Waals surface area contributed by atoms with Gasteiger partial charge in [-0.1, -0.05) is 6.07 Å². The molecule has 3 aliphatic rings. The molecule has 4 heteroatoms. The molecule has 4 rings (SSSR count). The molecule has 0 N–H and O–H groups in total. The van der Waals surface area contributed by atoms with Crippen LogP contribution in [0.2, 0.25) is 0 Å². The van der Waals surface area contributed by atoms with E-state index in [1.807, 2.05) is 0 Å². The van der Waals surface area contributed by atoms with Crippen LogP contribution in [-0.2, 0) is 10.2 Å². The van der Waals surface area contributed by atoms with E-state index in [0.717, 1.165) is 24.7 Å². The Bertz CT molecular complexity index is 611. The van der Waals surface area contributed by atoms with Crippen molar-refractivity contribution in [1.29, 1.82) is 0 Å². The molecule has 1 aliphatic carbocycles. The third-order valence-electron chi connectivity index (χ3n) is 6.95. The Morgan fingerprint density at radius 1 is 1.08 bits per heavy atom. The first-order valence-electron chi connectivity index (χ1n) is 9.13. The lowest BCUT2D eigenvalue weighted by Gasteiger charge is -2.48. The number of rotatable bonds is 3. The number of likely N-dealkylation sites (tertiary alicyclic amines) is 1. The fraction of sp³-hybridized carbons (Fsp3) is 0.700. The third-order valence-corrected chi connectivity index (χ3v) is 6.95. The van der Waals surface area contributed by atoms with Crippen LogP contribution in [0.25, 0.3) is 0 Å². The summed E-state index contributed by atoms with van der Waals surface area (Å²) in [5, 5.41) is 0. The van der Waals surface area contributed by atoms with Gasteiger partial charge in [-0.3, -0.25) is 0 Å². The molecule has 24 heavy (non-hydrogen) atoms. The Kier molecular flexibility index (Phi) is 4.00. The predicted octanol–water partition coefficient (Wildman–Crippen LogP) is 3.24. The number of nitrogens with zero attached hydrogens (tertiary/aromatic N) is 1. The molecule has 0 aromatic heterocycles. The molecule has 2 heterocycles. The number of ether oxygens (including phenoxy) is 3. The van der Waals surface area contributed by atoms with E-state index < -0.39 is 0 Å². The van der Waals surface area contributed by atoms with Gasteiger partial charge in [0.2, 0.25) is 0 Å². The first-order chi connectivity index (χ1) is 11.6. The van der Waals surface area contributed by atoms with Gasteiger partial charge in [0.1, 0.15) is 0 Å². The monoisotopic (exact) mass is 331 g/mol. The molecule has 0 radical (unpaired) electrons. The largest absolute Gasteiger partial charge is 0.493 e. The van der Waals surface area contributed by atoms with Crippen LogP contribution in [0.1, 0.15) is 37.7 Å². The average molecular weight is 331 g/mol. The highest BCUT2D eigenvalue weighted by molar-refractivity contribution is 5.46. The summed E-state index contributed by atoms with van der Waals surface area (Å²) in [6.07, 6.45) is 6.27. The molecule has 1 unspecified atom stereocenters. The van der Waals surface area contributed by atoms with E-state index in [0.29, 0.717) is 11.5 Å². The summed E-state index contributed by atoms with van der Waals surface area (Å²) < 4.78 is 16.8. The van der Waals surface area contributed by atoms with Crippen LogP contribution in [0.5, 0.6) is 11.5 Å². The summed E-state index contributed by atoms with van der Waals surface area (Å²) in [5.74, 6) is 1.67. The van der Waals surface area contributed by atoms with E-state index in [1.54, 1.807) is 14.2 Å². The highest BCUT2D eigenvalue weighted by Gasteiger charge is 2.55. The quantitative estimate of drug-likeness (QED) is 0.851. The maximum Gasteiger partial charge on any atom is 0.161 e. The van der Waals surface area contributed by atoms with Crippen LogP contribution >= 0.6 is 0 Å². The highest BCUT2D eigenvalue weighted by atomic mass is 16.5. The van der Waals surface area contributed by atoms with Crippen molar-refractivity contribution in [2.24, 2.45) is 5.41 Å². The second-order valence-electron chi connectivity index (χ2n) is 7.98. The summed E-state index contributed by atoms with van der Waals surface area (Å²) in [4.78, 5) is 2.58. The van der Waals surface area contributed by atoms with Crippen molar-refractivity contribution >= 4 is 0 Å². The van der Waals surface area contributed by atoms with Gasteiger partial charge < -0.3 is 19.1 Å². The molecule has 3 atom stereocenters. The smallest absolute Gasteiger partial charge is 0.161 e. The maximum absolute atomic E-state index is 5.77. The van der Waals surface area contributed by atoms with E-state index in [4.69, 9.17) is 14.2 Å². The minimum Gasteiger partial charge on any atom is -0.493 e. The van der Waals surface area contributed by atoms with E-state index in [-0.39, 0.29) is 5.41 Å². The van der Waals surface area contributed by atoms with Crippen molar-refractivity contribution in [1.82, 2.24) is 4.90 Å². The SMILES string of the molecule is COc1ccc([C@]23CCN(C)[C@H]2CC2(CCOC2)CC3)cc1OC. The summed E-state index contributed by atoms with van der Waals surface area (Å²) in [6, 6.07) is 7.15. The summed E-state index contributed by atoms with van der Waals surface area (Å²) in [7, 11) is 5.72. The van der Waals surface area contributed by atoms with Crippen molar-refractivity contribution in [2.75, 3.05) is 41.0 Å². The average Bonchev–Trinajstić information content (AvgIpc) is 3.21. The van der Waals surface area contributed by atoms with Crippen LogP contribution in [0, 0.1) is 5.41 Å². The molecule has 0 amide bonds. The van der Waals surface area contributed by atoms with Crippen molar-refractivity contribution in [3.63, 3.8) is 0 Å². The molecule has 2 saturated heterocycles. The Hall–Kier alpha value is -1.26. The number of fused-ring (bicyclic) bond motifs is 1. The predicted molar refractivity (Wildman–Crippen MR) is 94.0 cm³/mol. The fourth-order valence-electron chi connectivity index (χ4n) is 5.40. The molecular weight excluding hydrogens is 302 g/mol. The number of benzene rings is 1. The van der Waals surface area contributed by atoms with Crippen molar-refractivity contribution in [3.8, 4) is 11.5 Å². The van der Waals surface area contributed by atoms with Gasteiger partial charge in [0.05, 0.1) is 20.8 Å². The van der Waals surface area contributed by atoms with Gasteiger partial charge >= 0.3 is 0 Å². The van der Waals surface area contributed by atoms with Gasteiger partial charge in [-0.2, -0.15) is 0 Å². The molecule has 0 bridgehead atoms. The van der Waals surface area contributed by atoms with Crippen molar-refractivity contribution < 1.29 is 14.2 Å². The lowest BCUT2D eigenvalue weighted by Crippen LogP contribution is -2.49. The first-order valence-corrected chi connectivity index (χ1v) is 9.13. The number of methoxy groups -OCH3 is 2. The summed E-state index contributed by atoms with van der Waals surface area (Å²) in [5.41, 5.74) is 2.09. The number of likely N-dealkylation sites (N-methyl/N-ethyl adjacent to an activating group) is 1. The third kappa shape index (κ3) is 2.34. The molecular formula is C20H29NO3. The molecule has 2 aliphatic heterocycles. The zero-order chi connectivity index (χ0) is 16.8. The minimum atomic E-state index is 0.252. The van der Waals surface area contributed by atoms with Crippen molar-refractivity contribution in [2.45, 2.75) is 43.6 Å². The zero-order valence-electron chi connectivity index (χ0n) is 15.1. The fourth-order valence-corrected chi connectivity index (χ4v) is 5.40. The van der Waals surface area contributed by atoms with Gasteiger partial charge in [-0.05, 0) is 68.8 Å². The zero-order valence-corrected chi connectivity index (χ0v) is 15.1. The Morgan fingerprint density at radius 2 is 1.92 bits per heavy atom. The molecule has 1 aromatic carbocycles. The van der Waals surface area contributed by atoms with Gasteiger partial charge in [-0.15, -0.1) is 0 Å². The molecule has 4 nitrogen and oxygen atoms in total. The highest BCUT2D eigenvalue weighted by Crippen LogP contribution is 2.56. The second-order valence-corrected chi connectivity index (χ2v) is 7.98. The van der Waals surface area contributed by atoms with Crippen LogP contribution in [0.4, 0.5) is 0 Å². The molecule has 1 aromatic rings. The Labute approximate surface area is 145 Å². The van der Waals surface area contributed by atoms with Crippen LogP contribution in [0.3, 0.4) is 0 Å². The van der Waals surface area contributed by atoms with E-state index >= 15 is 0 Å². The van der Waals surface area contributed by atoms with E-state index in [2.05, 4.69) is 30.1 Å². The van der Waals surface area contributed by atoms with Crippen molar-refractivity contribution in [3.05, 3.63) is 23.8 Å². The second kappa shape index (κ2) is 5.92. The normalized spacial score (nSPS) is 36.0. The van der Waals surface area contributed by atoms with Crippen LogP contribution in [0.15, 0.2) is 18.2 Å². The first kappa shape index (κ1) is 16.2. The molecule has 1 spiro atoms. The standard InChI is InChI=1S/C20H29NO3/c1-21-10-8-20(15-4-5-16(22-2)17(12-15)23-3)7-6-19(13-18(20)21)9-11-24-14-19/h4-5,12,18H,6-11,13-14H2,1-3H3/t18-,19?,20-/m0/s1. The Balaban J connectivity index is 1.70. The van der Waals surface area contributed by atoms with Gasteiger partial charge in [0, 0.05) is 18.1 Å². The Morgan fingerprint density at radius 3 is 2.62 bits per heavy atom. The lowest BCUT2D eigenvalue weighted by molar-refractivity contribution is 0.0540. The van der Waals surface area contributed by atoms with Crippen LogP contribution in [-0.4, -0.2) is 52.0 Å². The van der Waals surface area contributed by atoms with Gasteiger partial charge in [0.15, 0.2) is 11.5 Å². The molecule has 1 saturated carbocycles. The molecule has 132 valence electrons. The van der Waals surface area contributed by atoms with E-state index in [1.165, 1.54) is 44.2 Å². The van der Waals surface area contributed by atoms with Gasteiger partial charge in [-0.25, -0.2) is 0 Å². The van der Waals surface area contributed by atoms with E-state index in [9.17, 15) is 0 Å². The van der Waals surface area contributed by atoms with Gasteiger partial charge in [0.25, 0.3) is 0 Å². The molecule has 3 fully saturated rings. The minimum absolute atomic E-state index is 0.252. The maximum atomic E-state index is 5.77.